The minimum absolute atomic E-state index is 0.365. The molecule has 1 aliphatic rings. The Morgan fingerprint density at radius 3 is 2.52 bits per heavy atom. The third-order valence-electron chi connectivity index (χ3n) is 4.64. The van der Waals surface area contributed by atoms with Crippen LogP contribution in [0.1, 0.15) is 24.8 Å². The summed E-state index contributed by atoms with van der Waals surface area (Å²) < 4.78 is 25.3. The fraction of sp³-hybridized carbons (Fsp3) is 0.600. The summed E-state index contributed by atoms with van der Waals surface area (Å²) in [6.07, 6.45) is 3.80. The summed E-state index contributed by atoms with van der Waals surface area (Å²) in [6, 6.07) is 8.10. The van der Waals surface area contributed by atoms with Crippen molar-refractivity contribution in [1.82, 2.24) is 4.90 Å². The molecule has 2 N–H and O–H groups in total. The van der Waals surface area contributed by atoms with Gasteiger partial charge in [-0.2, -0.15) is 0 Å². The van der Waals surface area contributed by atoms with Crippen LogP contribution in [0.15, 0.2) is 28.7 Å². The van der Waals surface area contributed by atoms with Gasteiger partial charge in [0, 0.05) is 29.4 Å². The molecule has 2 rings (SSSR count). The molecule has 0 radical (unpaired) electrons. The Bertz CT molecular complexity index is 588. The van der Waals surface area contributed by atoms with Crippen molar-refractivity contribution in [1.29, 1.82) is 0 Å². The fourth-order valence-corrected chi connectivity index (χ4v) is 5.53. The maximum atomic E-state index is 12.1. The highest BCUT2D eigenvalue weighted by atomic mass is 79.9. The van der Waals surface area contributed by atoms with Crippen LogP contribution in [-0.2, 0) is 16.4 Å². The third kappa shape index (κ3) is 3.50. The number of likely N-dealkylation sites (N-methyl/N-ethyl adjacent to an activating group) is 1. The maximum Gasteiger partial charge on any atom is 0.152 e. The second-order valence-electron chi connectivity index (χ2n) is 6.00. The van der Waals surface area contributed by atoms with E-state index in [1.54, 1.807) is 0 Å². The van der Waals surface area contributed by atoms with Crippen LogP contribution in [0.2, 0.25) is 0 Å². The van der Waals surface area contributed by atoms with Crippen LogP contribution in [0.5, 0.6) is 0 Å². The molecule has 21 heavy (non-hydrogen) atoms. The molecule has 1 saturated carbocycles. The van der Waals surface area contributed by atoms with E-state index in [-0.39, 0.29) is 5.25 Å². The number of hydrogen-bond acceptors (Lipinski definition) is 4. The second-order valence-corrected chi connectivity index (χ2v) is 9.14. The Morgan fingerprint density at radius 2 is 2.00 bits per heavy atom. The van der Waals surface area contributed by atoms with Crippen LogP contribution in [0.25, 0.3) is 0 Å². The van der Waals surface area contributed by atoms with Gasteiger partial charge >= 0.3 is 0 Å². The van der Waals surface area contributed by atoms with Gasteiger partial charge in [0.1, 0.15) is 0 Å². The Balaban J connectivity index is 2.25. The van der Waals surface area contributed by atoms with Gasteiger partial charge in [-0.25, -0.2) is 8.42 Å². The van der Waals surface area contributed by atoms with E-state index in [0.717, 1.165) is 22.9 Å². The van der Waals surface area contributed by atoms with E-state index in [4.69, 9.17) is 5.73 Å². The van der Waals surface area contributed by atoms with E-state index in [2.05, 4.69) is 33.0 Å². The van der Waals surface area contributed by atoms with Crippen LogP contribution in [0, 0.1) is 0 Å². The summed E-state index contributed by atoms with van der Waals surface area (Å²) >= 11 is 3.42. The summed E-state index contributed by atoms with van der Waals surface area (Å²) in [4.78, 5) is 2.13. The lowest BCUT2D eigenvalue weighted by Crippen LogP contribution is -2.58. The van der Waals surface area contributed by atoms with Crippen molar-refractivity contribution in [2.24, 2.45) is 5.73 Å². The van der Waals surface area contributed by atoms with Crippen molar-refractivity contribution in [3.05, 3.63) is 34.3 Å². The summed E-state index contributed by atoms with van der Waals surface area (Å²) in [5.74, 6) is 0. The van der Waals surface area contributed by atoms with E-state index in [1.165, 1.54) is 6.26 Å². The number of hydrogen-bond donors (Lipinski definition) is 1. The minimum Gasteiger partial charge on any atom is -0.329 e. The standard InChI is InChI=1S/C15H23BrN2O2S/c1-18(10-12-5-7-13(16)8-6-12)15(11-17)9-3-4-14(15)21(2,19)20/h5-8,14H,3-4,9-11,17H2,1-2H3. The first-order valence-electron chi connectivity index (χ1n) is 7.14. The SMILES string of the molecule is CN(Cc1ccc(Br)cc1)C1(CN)CCCC1S(C)(=O)=O. The van der Waals surface area contributed by atoms with Crippen molar-refractivity contribution < 1.29 is 8.42 Å². The van der Waals surface area contributed by atoms with Crippen LogP contribution >= 0.6 is 15.9 Å². The first kappa shape index (κ1) is 16.9. The quantitative estimate of drug-likeness (QED) is 0.857. The van der Waals surface area contributed by atoms with Gasteiger partial charge in [0.05, 0.1) is 5.25 Å². The lowest BCUT2D eigenvalue weighted by molar-refractivity contribution is 0.126. The van der Waals surface area contributed by atoms with E-state index < -0.39 is 15.4 Å². The molecule has 4 nitrogen and oxygen atoms in total. The molecule has 0 bridgehead atoms. The monoisotopic (exact) mass is 374 g/mol. The predicted molar refractivity (Wildman–Crippen MR) is 89.9 cm³/mol. The van der Waals surface area contributed by atoms with E-state index in [1.807, 2.05) is 19.2 Å². The van der Waals surface area contributed by atoms with Crippen molar-refractivity contribution in [3.63, 3.8) is 0 Å². The zero-order valence-electron chi connectivity index (χ0n) is 12.5. The average Bonchev–Trinajstić information content (AvgIpc) is 2.86. The zero-order valence-corrected chi connectivity index (χ0v) is 15.0. The summed E-state index contributed by atoms with van der Waals surface area (Å²) in [6.45, 7) is 1.08. The highest BCUT2D eigenvalue weighted by Gasteiger charge is 2.49. The molecule has 1 fully saturated rings. The third-order valence-corrected chi connectivity index (χ3v) is 6.88. The Morgan fingerprint density at radius 1 is 1.38 bits per heavy atom. The van der Waals surface area contributed by atoms with Gasteiger partial charge < -0.3 is 5.73 Å². The Hall–Kier alpha value is -0.430. The molecule has 0 heterocycles. The second kappa shape index (κ2) is 6.36. The van der Waals surface area contributed by atoms with Gasteiger partial charge in [-0.15, -0.1) is 0 Å². The van der Waals surface area contributed by atoms with Crippen LogP contribution in [0.4, 0.5) is 0 Å². The fourth-order valence-electron chi connectivity index (χ4n) is 3.48. The number of rotatable bonds is 5. The smallest absolute Gasteiger partial charge is 0.152 e. The van der Waals surface area contributed by atoms with Crippen LogP contribution in [-0.4, -0.2) is 44.0 Å². The molecular weight excluding hydrogens is 352 g/mol. The summed E-state index contributed by atoms with van der Waals surface area (Å²) in [5, 5.41) is -0.365. The molecule has 0 aliphatic heterocycles. The van der Waals surface area contributed by atoms with Gasteiger partial charge in [-0.3, -0.25) is 4.90 Å². The molecule has 1 aliphatic carbocycles. The molecule has 1 aromatic rings. The topological polar surface area (TPSA) is 63.4 Å². The van der Waals surface area contributed by atoms with Crippen LogP contribution in [0.3, 0.4) is 0 Å². The van der Waals surface area contributed by atoms with E-state index >= 15 is 0 Å². The molecule has 0 aromatic heterocycles. The Labute approximate surface area is 135 Å². The Kier molecular flexibility index (Phi) is 5.13. The van der Waals surface area contributed by atoms with Gasteiger partial charge in [0.25, 0.3) is 0 Å². The molecular formula is C15H23BrN2O2S. The number of halogens is 1. The highest BCUT2D eigenvalue weighted by molar-refractivity contribution is 9.10. The van der Waals surface area contributed by atoms with Crippen molar-refractivity contribution >= 4 is 25.8 Å². The highest BCUT2D eigenvalue weighted by Crippen LogP contribution is 2.39. The molecule has 0 amide bonds. The van der Waals surface area contributed by atoms with E-state index in [9.17, 15) is 8.42 Å². The predicted octanol–water partition coefficient (Wildman–Crippen LogP) is 2.18. The number of nitrogens with two attached hydrogens (primary N) is 1. The molecule has 0 spiro atoms. The zero-order chi connectivity index (χ0) is 15.7. The molecule has 118 valence electrons. The molecule has 2 atom stereocenters. The van der Waals surface area contributed by atoms with Gasteiger partial charge in [0.15, 0.2) is 9.84 Å². The van der Waals surface area contributed by atoms with E-state index in [0.29, 0.717) is 19.5 Å². The summed E-state index contributed by atoms with van der Waals surface area (Å²) in [5.41, 5.74) is 6.74. The maximum absolute atomic E-state index is 12.1. The number of benzene rings is 1. The lowest BCUT2D eigenvalue weighted by atomic mass is 9.94. The van der Waals surface area contributed by atoms with Gasteiger partial charge in [0.2, 0.25) is 0 Å². The first-order chi connectivity index (χ1) is 9.79. The number of sulfone groups is 1. The summed E-state index contributed by atoms with van der Waals surface area (Å²) in [7, 11) is -1.11. The van der Waals surface area contributed by atoms with Crippen molar-refractivity contribution in [3.8, 4) is 0 Å². The largest absolute Gasteiger partial charge is 0.329 e. The molecule has 0 saturated heterocycles. The van der Waals surface area contributed by atoms with Gasteiger partial charge in [-0.1, -0.05) is 34.5 Å². The molecule has 1 aromatic carbocycles. The van der Waals surface area contributed by atoms with Crippen molar-refractivity contribution in [2.45, 2.75) is 36.6 Å². The first-order valence-corrected chi connectivity index (χ1v) is 9.89. The lowest BCUT2D eigenvalue weighted by Gasteiger charge is -2.42. The average molecular weight is 375 g/mol. The van der Waals surface area contributed by atoms with Gasteiger partial charge in [-0.05, 0) is 37.6 Å². The number of nitrogens with zero attached hydrogens (tertiary/aromatic N) is 1. The normalized spacial score (nSPS) is 26.4. The van der Waals surface area contributed by atoms with Crippen molar-refractivity contribution in [2.75, 3.05) is 19.8 Å². The molecule has 6 heteroatoms. The van der Waals surface area contributed by atoms with Crippen LogP contribution < -0.4 is 5.73 Å². The molecule has 2 unspecified atom stereocenters. The minimum atomic E-state index is -3.10.